The van der Waals surface area contributed by atoms with Gasteiger partial charge in [0.2, 0.25) is 0 Å². The van der Waals surface area contributed by atoms with Crippen LogP contribution in [0.4, 0.5) is 10.6 Å². The Kier molecular flexibility index (Phi) is 5.45. The third-order valence-electron chi connectivity index (χ3n) is 5.81. The zero-order chi connectivity index (χ0) is 19.7. The summed E-state index contributed by atoms with van der Waals surface area (Å²) in [6, 6.07) is 1.90. The molecule has 0 aromatic carbocycles. The fourth-order valence-electron chi connectivity index (χ4n) is 4.17. The van der Waals surface area contributed by atoms with Gasteiger partial charge in [0, 0.05) is 37.9 Å². The van der Waals surface area contributed by atoms with Crippen LogP contribution in [-0.2, 0) is 4.74 Å². The first-order valence-corrected chi connectivity index (χ1v) is 9.86. The number of carbonyl (C=O) groups is 2. The largest absolute Gasteiger partial charge is 0.444 e. The number of hydrogen-bond acceptors (Lipinski definition) is 5. The van der Waals surface area contributed by atoms with Crippen LogP contribution in [0.25, 0.3) is 0 Å². The molecule has 3 rings (SSSR count). The molecule has 3 heterocycles. The molecular weight excluding hydrogens is 342 g/mol. The summed E-state index contributed by atoms with van der Waals surface area (Å²) in [6.45, 7) is 11.2. The van der Waals surface area contributed by atoms with Crippen molar-refractivity contribution in [3.8, 4) is 0 Å². The Bertz CT molecular complexity index is 693. The van der Waals surface area contributed by atoms with Crippen molar-refractivity contribution in [1.29, 1.82) is 0 Å². The first-order valence-electron chi connectivity index (χ1n) is 9.86. The van der Waals surface area contributed by atoms with E-state index in [1.54, 1.807) is 6.20 Å². The van der Waals surface area contributed by atoms with Gasteiger partial charge in [0.1, 0.15) is 11.4 Å². The fraction of sp³-hybridized carbons (Fsp3) is 0.667. The van der Waals surface area contributed by atoms with E-state index < -0.39 is 5.60 Å². The molecule has 2 aliphatic heterocycles. The van der Waals surface area contributed by atoms with Gasteiger partial charge in [-0.15, -0.1) is 0 Å². The third-order valence-corrected chi connectivity index (χ3v) is 5.81. The fourth-order valence-corrected chi connectivity index (χ4v) is 4.17. The third kappa shape index (κ3) is 4.60. The average molecular weight is 373 g/mol. The molecule has 0 saturated carbocycles. The van der Waals surface area contributed by atoms with E-state index in [2.05, 4.69) is 9.88 Å². The minimum Gasteiger partial charge on any atom is -0.444 e. The molecule has 0 aliphatic carbocycles. The number of ether oxygens (including phenoxy) is 1. The summed E-state index contributed by atoms with van der Waals surface area (Å²) >= 11 is 0. The Labute approximate surface area is 161 Å². The molecule has 2 fully saturated rings. The number of amides is 1. The summed E-state index contributed by atoms with van der Waals surface area (Å²) in [5.41, 5.74) is 1.56. The number of pyridine rings is 1. The van der Waals surface area contributed by atoms with Crippen LogP contribution in [-0.4, -0.2) is 54.0 Å². The summed E-state index contributed by atoms with van der Waals surface area (Å²) in [4.78, 5) is 31.9. The number of piperidine rings is 2. The van der Waals surface area contributed by atoms with E-state index in [9.17, 15) is 9.59 Å². The molecule has 6 nitrogen and oxygen atoms in total. The van der Waals surface area contributed by atoms with Crippen molar-refractivity contribution < 1.29 is 14.3 Å². The number of aldehydes is 1. The van der Waals surface area contributed by atoms with Crippen molar-refractivity contribution in [1.82, 2.24) is 9.88 Å². The van der Waals surface area contributed by atoms with Crippen LogP contribution in [0.3, 0.4) is 0 Å². The van der Waals surface area contributed by atoms with Crippen molar-refractivity contribution in [2.45, 2.75) is 59.0 Å². The Morgan fingerprint density at radius 2 is 1.74 bits per heavy atom. The normalized spacial score (nSPS) is 19.9. The predicted molar refractivity (Wildman–Crippen MR) is 105 cm³/mol. The lowest BCUT2D eigenvalue weighted by atomic mass is 9.71. The number of aromatic nitrogens is 1. The van der Waals surface area contributed by atoms with E-state index in [-0.39, 0.29) is 6.09 Å². The molecule has 1 aromatic rings. The van der Waals surface area contributed by atoms with E-state index in [0.29, 0.717) is 11.0 Å². The highest BCUT2D eigenvalue weighted by molar-refractivity contribution is 5.75. The maximum atomic E-state index is 12.3. The first-order chi connectivity index (χ1) is 12.7. The number of aryl methyl sites for hydroxylation is 1. The van der Waals surface area contributed by atoms with E-state index in [1.807, 2.05) is 38.7 Å². The van der Waals surface area contributed by atoms with Gasteiger partial charge in [0.05, 0.1) is 0 Å². The Morgan fingerprint density at radius 1 is 1.15 bits per heavy atom. The quantitative estimate of drug-likeness (QED) is 0.738. The van der Waals surface area contributed by atoms with Crippen molar-refractivity contribution in [2.24, 2.45) is 5.41 Å². The number of anilines is 1. The topological polar surface area (TPSA) is 62.7 Å². The summed E-state index contributed by atoms with van der Waals surface area (Å²) in [5, 5.41) is 0. The zero-order valence-corrected chi connectivity index (χ0v) is 17.0. The number of nitrogens with zero attached hydrogens (tertiary/aromatic N) is 3. The molecular formula is C21H31N3O3. The molecule has 0 unspecified atom stereocenters. The van der Waals surface area contributed by atoms with Crippen LogP contribution in [0.15, 0.2) is 12.3 Å². The highest BCUT2D eigenvalue weighted by Crippen LogP contribution is 2.42. The maximum absolute atomic E-state index is 12.3. The van der Waals surface area contributed by atoms with Gasteiger partial charge in [-0.1, -0.05) is 0 Å². The Morgan fingerprint density at radius 3 is 2.26 bits per heavy atom. The summed E-state index contributed by atoms with van der Waals surface area (Å²) < 4.78 is 5.51. The summed E-state index contributed by atoms with van der Waals surface area (Å²) in [6.07, 6.45) is 6.61. The molecule has 27 heavy (non-hydrogen) atoms. The second kappa shape index (κ2) is 7.49. The highest BCUT2D eigenvalue weighted by Gasteiger charge is 2.39. The van der Waals surface area contributed by atoms with Crippen LogP contribution >= 0.6 is 0 Å². The maximum Gasteiger partial charge on any atom is 0.410 e. The lowest BCUT2D eigenvalue weighted by Crippen LogP contribution is -2.49. The van der Waals surface area contributed by atoms with Crippen LogP contribution in [0.5, 0.6) is 0 Å². The second-order valence-corrected chi connectivity index (χ2v) is 8.98. The lowest BCUT2D eigenvalue weighted by molar-refractivity contribution is 0.00663. The van der Waals surface area contributed by atoms with Gasteiger partial charge >= 0.3 is 6.09 Å². The van der Waals surface area contributed by atoms with Gasteiger partial charge in [-0.2, -0.15) is 0 Å². The highest BCUT2D eigenvalue weighted by atomic mass is 16.6. The van der Waals surface area contributed by atoms with Crippen LogP contribution in [0, 0.1) is 12.3 Å². The average Bonchev–Trinajstić information content (AvgIpc) is 2.62. The molecule has 1 spiro atoms. The number of carbonyl (C=O) groups excluding carboxylic acids is 2. The van der Waals surface area contributed by atoms with Crippen LogP contribution in [0.1, 0.15) is 62.4 Å². The van der Waals surface area contributed by atoms with E-state index in [4.69, 9.17) is 4.74 Å². The number of hydrogen-bond donors (Lipinski definition) is 0. The van der Waals surface area contributed by atoms with Gasteiger partial charge in [0.15, 0.2) is 6.29 Å². The number of rotatable bonds is 2. The zero-order valence-electron chi connectivity index (χ0n) is 17.0. The number of likely N-dealkylation sites (tertiary alicyclic amines) is 1. The van der Waals surface area contributed by atoms with E-state index in [0.717, 1.165) is 69.5 Å². The van der Waals surface area contributed by atoms with Gasteiger partial charge in [-0.3, -0.25) is 4.79 Å². The minimum atomic E-state index is -0.443. The molecule has 0 atom stereocenters. The monoisotopic (exact) mass is 373 g/mol. The second-order valence-electron chi connectivity index (χ2n) is 8.98. The molecule has 2 saturated heterocycles. The van der Waals surface area contributed by atoms with Gasteiger partial charge in [-0.05, 0) is 70.4 Å². The summed E-state index contributed by atoms with van der Waals surface area (Å²) in [5.74, 6) is 0.988. The predicted octanol–water partition coefficient (Wildman–Crippen LogP) is 3.82. The smallest absolute Gasteiger partial charge is 0.410 e. The first kappa shape index (κ1) is 19.6. The van der Waals surface area contributed by atoms with E-state index in [1.165, 1.54) is 0 Å². The van der Waals surface area contributed by atoms with Crippen molar-refractivity contribution in [2.75, 3.05) is 31.1 Å². The molecule has 148 valence electrons. The molecule has 0 bridgehead atoms. The van der Waals surface area contributed by atoms with Crippen LogP contribution in [0.2, 0.25) is 0 Å². The minimum absolute atomic E-state index is 0.190. The van der Waals surface area contributed by atoms with Gasteiger partial charge < -0.3 is 14.5 Å². The molecule has 2 aliphatic rings. The Balaban J connectivity index is 1.55. The van der Waals surface area contributed by atoms with Crippen LogP contribution < -0.4 is 4.90 Å². The van der Waals surface area contributed by atoms with Crippen molar-refractivity contribution >= 4 is 18.2 Å². The molecule has 6 heteroatoms. The standard InChI is InChI=1S/C21H31N3O3/c1-16-13-17(15-25)14-22-18(16)23-9-5-21(6-10-23)7-11-24(12-8-21)19(26)27-20(2,3)4/h13-15H,5-12H2,1-4H3. The molecule has 0 N–H and O–H groups in total. The molecule has 0 radical (unpaired) electrons. The molecule has 1 aromatic heterocycles. The Hall–Kier alpha value is -2.11. The molecule has 1 amide bonds. The SMILES string of the molecule is Cc1cc(C=O)cnc1N1CCC2(CCN(C(=O)OC(C)(C)C)CC2)CC1. The van der Waals surface area contributed by atoms with Gasteiger partial charge in [0.25, 0.3) is 0 Å². The summed E-state index contributed by atoms with van der Waals surface area (Å²) in [7, 11) is 0. The lowest BCUT2D eigenvalue weighted by Gasteiger charge is -2.47. The van der Waals surface area contributed by atoms with Crippen molar-refractivity contribution in [3.05, 3.63) is 23.4 Å². The van der Waals surface area contributed by atoms with Crippen molar-refractivity contribution in [3.63, 3.8) is 0 Å². The van der Waals surface area contributed by atoms with E-state index >= 15 is 0 Å². The van der Waals surface area contributed by atoms with Gasteiger partial charge in [-0.25, -0.2) is 9.78 Å².